The van der Waals surface area contributed by atoms with Gasteiger partial charge in [0.25, 0.3) is 10.0 Å². The first kappa shape index (κ1) is 34.5. The van der Waals surface area contributed by atoms with Crippen molar-refractivity contribution in [3.8, 4) is 5.75 Å². The lowest BCUT2D eigenvalue weighted by Crippen LogP contribution is -2.54. The van der Waals surface area contributed by atoms with E-state index in [0.29, 0.717) is 22.8 Å². The van der Waals surface area contributed by atoms with Crippen LogP contribution in [0.2, 0.25) is 5.02 Å². The van der Waals surface area contributed by atoms with Gasteiger partial charge in [-0.2, -0.15) is 0 Å². The SMILES string of the molecule is CC[C@@H](C)NC(=O)[C@H](Cc1ccccc1)N(Cc1cccc(Cl)c1)C(=O)CN(c1cccc(OC)c1)S(=O)(=O)c1ccc(C)cc1. The van der Waals surface area contributed by atoms with Gasteiger partial charge < -0.3 is 15.0 Å². The van der Waals surface area contributed by atoms with Crippen LogP contribution < -0.4 is 14.4 Å². The lowest BCUT2D eigenvalue weighted by molar-refractivity contribution is -0.140. The van der Waals surface area contributed by atoms with Gasteiger partial charge in [0.05, 0.1) is 17.7 Å². The van der Waals surface area contributed by atoms with Gasteiger partial charge in [-0.15, -0.1) is 0 Å². The molecule has 0 bridgehead atoms. The molecular weight excluding hydrogens is 622 g/mol. The largest absolute Gasteiger partial charge is 0.497 e. The maximum atomic E-state index is 14.6. The summed E-state index contributed by atoms with van der Waals surface area (Å²) in [5.74, 6) is -0.457. The molecule has 242 valence electrons. The minimum atomic E-state index is -4.22. The second-order valence-electron chi connectivity index (χ2n) is 11.2. The van der Waals surface area contributed by atoms with Crippen LogP contribution in [0.5, 0.6) is 5.75 Å². The molecule has 0 fully saturated rings. The number of carbonyl (C=O) groups is 2. The number of hydrogen-bond acceptors (Lipinski definition) is 5. The predicted octanol–water partition coefficient (Wildman–Crippen LogP) is 6.41. The monoisotopic (exact) mass is 661 g/mol. The normalized spacial score (nSPS) is 12.5. The number of benzene rings is 4. The summed E-state index contributed by atoms with van der Waals surface area (Å²) in [5, 5.41) is 3.52. The first-order valence-corrected chi connectivity index (χ1v) is 16.9. The molecule has 2 atom stereocenters. The van der Waals surface area contributed by atoms with E-state index in [0.717, 1.165) is 15.4 Å². The van der Waals surface area contributed by atoms with Crippen molar-refractivity contribution in [2.24, 2.45) is 0 Å². The third kappa shape index (κ3) is 8.89. The summed E-state index contributed by atoms with van der Waals surface area (Å²) in [7, 11) is -2.74. The molecule has 0 heterocycles. The number of carbonyl (C=O) groups excluding carboxylic acids is 2. The van der Waals surface area contributed by atoms with Crippen molar-refractivity contribution in [2.45, 2.75) is 57.1 Å². The van der Waals surface area contributed by atoms with Crippen LogP contribution in [0.15, 0.2) is 108 Å². The van der Waals surface area contributed by atoms with Crippen LogP contribution in [0, 0.1) is 6.92 Å². The molecule has 46 heavy (non-hydrogen) atoms. The number of aryl methyl sites for hydroxylation is 1. The number of nitrogens with one attached hydrogen (secondary N) is 1. The average molecular weight is 662 g/mol. The number of methoxy groups -OCH3 is 1. The first-order valence-electron chi connectivity index (χ1n) is 15.1. The zero-order valence-electron chi connectivity index (χ0n) is 26.5. The summed E-state index contributed by atoms with van der Waals surface area (Å²) >= 11 is 6.32. The van der Waals surface area contributed by atoms with Gasteiger partial charge in [-0.1, -0.05) is 84.8 Å². The molecule has 0 radical (unpaired) electrons. The molecule has 1 N–H and O–H groups in total. The highest BCUT2D eigenvalue weighted by molar-refractivity contribution is 7.92. The number of hydrogen-bond donors (Lipinski definition) is 1. The predicted molar refractivity (Wildman–Crippen MR) is 183 cm³/mol. The maximum absolute atomic E-state index is 14.6. The second-order valence-corrected chi connectivity index (χ2v) is 13.5. The van der Waals surface area contributed by atoms with Gasteiger partial charge in [-0.25, -0.2) is 8.42 Å². The molecule has 0 aromatic heterocycles. The van der Waals surface area contributed by atoms with Crippen molar-refractivity contribution >= 4 is 39.1 Å². The summed E-state index contributed by atoms with van der Waals surface area (Å²) < 4.78 is 34.9. The smallest absolute Gasteiger partial charge is 0.264 e. The van der Waals surface area contributed by atoms with Gasteiger partial charge in [0, 0.05) is 30.1 Å². The number of ether oxygens (including phenoxy) is 1. The van der Waals surface area contributed by atoms with Gasteiger partial charge >= 0.3 is 0 Å². The van der Waals surface area contributed by atoms with Crippen molar-refractivity contribution in [3.05, 3.63) is 125 Å². The Morgan fingerprint density at radius 1 is 0.891 bits per heavy atom. The quantitative estimate of drug-likeness (QED) is 0.169. The molecule has 0 spiro atoms. The molecular formula is C36H40ClN3O5S. The fourth-order valence-corrected chi connectivity index (χ4v) is 6.58. The number of amides is 2. The fraction of sp³-hybridized carbons (Fsp3) is 0.278. The summed E-state index contributed by atoms with van der Waals surface area (Å²) in [6, 6.07) is 28.4. The van der Waals surface area contributed by atoms with Crippen LogP contribution in [0.3, 0.4) is 0 Å². The standard InChI is InChI=1S/C36H40ClN3O5S/c1-5-27(3)38-36(42)34(22-28-11-7-6-8-12-28)39(24-29-13-9-14-30(37)21-29)35(41)25-40(31-15-10-16-32(23-31)45-4)46(43,44)33-19-17-26(2)18-20-33/h6-21,23,27,34H,5,22,24-25H2,1-4H3,(H,38,42)/t27-,34+/m1/s1. The minimum Gasteiger partial charge on any atom is -0.497 e. The van der Waals surface area contributed by atoms with Crippen LogP contribution in [-0.2, 0) is 32.6 Å². The highest BCUT2D eigenvalue weighted by Gasteiger charge is 2.35. The van der Waals surface area contributed by atoms with Crippen LogP contribution in [0.25, 0.3) is 0 Å². The highest BCUT2D eigenvalue weighted by atomic mass is 35.5. The van der Waals surface area contributed by atoms with Crippen molar-refractivity contribution in [1.82, 2.24) is 10.2 Å². The van der Waals surface area contributed by atoms with Crippen LogP contribution >= 0.6 is 11.6 Å². The number of anilines is 1. The Kier molecular flexibility index (Phi) is 11.8. The molecule has 4 aromatic carbocycles. The molecule has 0 aliphatic rings. The summed E-state index contributed by atoms with van der Waals surface area (Å²) in [4.78, 5) is 30.0. The van der Waals surface area contributed by atoms with Crippen molar-refractivity contribution in [1.29, 1.82) is 0 Å². The maximum Gasteiger partial charge on any atom is 0.264 e. The Hall–Kier alpha value is -4.34. The van der Waals surface area contributed by atoms with E-state index in [1.165, 1.54) is 24.1 Å². The zero-order valence-corrected chi connectivity index (χ0v) is 28.1. The van der Waals surface area contributed by atoms with E-state index in [4.69, 9.17) is 16.3 Å². The molecule has 0 saturated heterocycles. The van der Waals surface area contributed by atoms with E-state index in [1.54, 1.807) is 54.6 Å². The minimum absolute atomic E-state index is 0.0291. The third-order valence-electron chi connectivity index (χ3n) is 7.74. The van der Waals surface area contributed by atoms with E-state index in [9.17, 15) is 18.0 Å². The van der Waals surface area contributed by atoms with E-state index < -0.39 is 28.5 Å². The van der Waals surface area contributed by atoms with Gasteiger partial charge in [-0.05, 0) is 67.8 Å². The fourth-order valence-electron chi connectivity index (χ4n) is 4.96. The molecule has 0 aliphatic carbocycles. The van der Waals surface area contributed by atoms with E-state index in [-0.39, 0.29) is 35.5 Å². The summed E-state index contributed by atoms with van der Waals surface area (Å²) in [5.41, 5.74) is 2.70. The van der Waals surface area contributed by atoms with Gasteiger partial charge in [0.15, 0.2) is 0 Å². The number of sulfonamides is 1. The second kappa shape index (κ2) is 15.8. The molecule has 0 aliphatic heterocycles. The summed E-state index contributed by atoms with van der Waals surface area (Å²) in [6.45, 7) is 5.20. The first-order chi connectivity index (χ1) is 22.0. The van der Waals surface area contributed by atoms with Crippen molar-refractivity contribution < 1.29 is 22.7 Å². The highest BCUT2D eigenvalue weighted by Crippen LogP contribution is 2.28. The molecule has 4 aromatic rings. The molecule has 10 heteroatoms. The number of nitrogens with zero attached hydrogens (tertiary/aromatic N) is 2. The molecule has 8 nitrogen and oxygen atoms in total. The zero-order chi connectivity index (χ0) is 33.3. The number of halogens is 1. The van der Waals surface area contributed by atoms with Crippen LogP contribution in [0.4, 0.5) is 5.69 Å². The Morgan fingerprint density at radius 3 is 2.22 bits per heavy atom. The Balaban J connectivity index is 1.82. The van der Waals surface area contributed by atoms with E-state index in [2.05, 4.69) is 5.32 Å². The van der Waals surface area contributed by atoms with Crippen LogP contribution in [-0.4, -0.2) is 50.9 Å². The third-order valence-corrected chi connectivity index (χ3v) is 9.77. The lowest BCUT2D eigenvalue weighted by atomic mass is 10.0. The summed E-state index contributed by atoms with van der Waals surface area (Å²) in [6.07, 6.45) is 0.920. The topological polar surface area (TPSA) is 96.0 Å². The Labute approximate surface area is 277 Å². The average Bonchev–Trinajstić information content (AvgIpc) is 3.05. The molecule has 4 rings (SSSR count). The van der Waals surface area contributed by atoms with Gasteiger partial charge in [-0.3, -0.25) is 13.9 Å². The number of rotatable bonds is 14. The van der Waals surface area contributed by atoms with Crippen molar-refractivity contribution in [2.75, 3.05) is 18.0 Å². The lowest BCUT2D eigenvalue weighted by Gasteiger charge is -2.34. The van der Waals surface area contributed by atoms with E-state index >= 15 is 0 Å². The van der Waals surface area contributed by atoms with E-state index in [1.807, 2.05) is 57.2 Å². The van der Waals surface area contributed by atoms with Crippen molar-refractivity contribution in [3.63, 3.8) is 0 Å². The Morgan fingerprint density at radius 2 is 1.57 bits per heavy atom. The molecule has 2 amide bonds. The molecule has 0 unspecified atom stereocenters. The van der Waals surface area contributed by atoms with Gasteiger partial charge in [0.1, 0.15) is 18.3 Å². The van der Waals surface area contributed by atoms with Gasteiger partial charge in [0.2, 0.25) is 11.8 Å². The molecule has 0 saturated carbocycles. The Bertz CT molecular complexity index is 1730. The van der Waals surface area contributed by atoms with Crippen LogP contribution in [0.1, 0.15) is 37.0 Å².